The van der Waals surface area contributed by atoms with E-state index < -0.39 is 0 Å². The Bertz CT molecular complexity index is 1480. The van der Waals surface area contributed by atoms with Gasteiger partial charge in [0, 0.05) is 47.2 Å². The highest BCUT2D eigenvalue weighted by Crippen LogP contribution is 2.32. The quantitative estimate of drug-likeness (QED) is 0.403. The average Bonchev–Trinajstić information content (AvgIpc) is 3.56. The number of aromatic amines is 1. The van der Waals surface area contributed by atoms with Gasteiger partial charge in [0.1, 0.15) is 11.5 Å². The number of rotatable bonds is 4. The number of benzene rings is 1. The first-order chi connectivity index (χ1) is 16.7. The third-order valence-corrected chi connectivity index (χ3v) is 6.48. The summed E-state index contributed by atoms with van der Waals surface area (Å²) in [4.78, 5) is 9.05. The first-order valence-corrected chi connectivity index (χ1v) is 11.5. The van der Waals surface area contributed by atoms with E-state index in [4.69, 9.17) is 0 Å². The van der Waals surface area contributed by atoms with Crippen molar-refractivity contribution >= 4 is 10.9 Å². The number of hydrogen-bond acceptors (Lipinski definition) is 5. The zero-order valence-electron chi connectivity index (χ0n) is 18.8. The number of H-pyrrole nitrogens is 1. The second kappa shape index (κ2) is 8.46. The summed E-state index contributed by atoms with van der Waals surface area (Å²) >= 11 is 0. The molecule has 2 N–H and O–H groups in total. The predicted molar refractivity (Wildman–Crippen MR) is 130 cm³/mol. The Morgan fingerprint density at radius 1 is 1.06 bits per heavy atom. The molecule has 1 aliphatic rings. The Hall–Kier alpha value is -3.91. The lowest BCUT2D eigenvalue weighted by Gasteiger charge is -2.22. The number of nitrogens with zero attached hydrogens (tertiary/aromatic N) is 5. The Labute approximate surface area is 196 Å². The largest absolute Gasteiger partial charge is 0.315 e. The molecule has 1 atom stereocenters. The Kier molecular flexibility index (Phi) is 5.15. The number of piperidine rings is 1. The third-order valence-electron chi connectivity index (χ3n) is 6.48. The molecule has 1 fully saturated rings. The van der Waals surface area contributed by atoms with Gasteiger partial charge in [0.25, 0.3) is 0 Å². The maximum atomic E-state index is 13.7. The molecule has 4 aromatic heterocycles. The molecule has 1 saturated heterocycles. The first kappa shape index (κ1) is 20.7. The van der Waals surface area contributed by atoms with E-state index in [0.29, 0.717) is 23.1 Å². The van der Waals surface area contributed by atoms with Gasteiger partial charge in [-0.05, 0) is 62.2 Å². The number of aromatic nitrogens is 6. The van der Waals surface area contributed by atoms with Crippen LogP contribution in [0.4, 0.5) is 4.39 Å². The molecule has 0 bridgehead atoms. The van der Waals surface area contributed by atoms with Crippen LogP contribution in [0.1, 0.15) is 24.6 Å². The summed E-state index contributed by atoms with van der Waals surface area (Å²) in [6.07, 6.45) is 10.1. The molecule has 0 aliphatic carbocycles. The van der Waals surface area contributed by atoms with Crippen LogP contribution >= 0.6 is 0 Å². The molecule has 1 unspecified atom stereocenters. The van der Waals surface area contributed by atoms with E-state index in [1.54, 1.807) is 13.0 Å². The van der Waals surface area contributed by atoms with Crippen molar-refractivity contribution < 1.29 is 4.39 Å². The van der Waals surface area contributed by atoms with Gasteiger partial charge < -0.3 is 5.32 Å². The van der Waals surface area contributed by atoms with Gasteiger partial charge in [-0.25, -0.2) is 9.37 Å². The Balaban J connectivity index is 1.35. The number of nitrogens with one attached hydrogen (secondary N) is 2. The zero-order chi connectivity index (χ0) is 23.1. The van der Waals surface area contributed by atoms with Crippen molar-refractivity contribution in [2.24, 2.45) is 0 Å². The molecule has 7 nitrogen and oxygen atoms in total. The fourth-order valence-electron chi connectivity index (χ4n) is 4.58. The monoisotopic (exact) mass is 453 g/mol. The summed E-state index contributed by atoms with van der Waals surface area (Å²) in [6, 6.07) is 11.8. The smallest absolute Gasteiger partial charge is 0.144 e. The second-order valence-corrected chi connectivity index (χ2v) is 8.75. The maximum Gasteiger partial charge on any atom is 0.144 e. The molecule has 0 saturated carbocycles. The van der Waals surface area contributed by atoms with Crippen molar-refractivity contribution in [3.8, 4) is 33.6 Å². The predicted octanol–water partition coefficient (Wildman–Crippen LogP) is 4.92. The molecule has 0 amide bonds. The van der Waals surface area contributed by atoms with Crippen LogP contribution in [-0.4, -0.2) is 43.0 Å². The van der Waals surface area contributed by atoms with Gasteiger partial charge in [0.2, 0.25) is 0 Å². The highest BCUT2D eigenvalue weighted by Gasteiger charge is 2.17. The molecule has 170 valence electrons. The van der Waals surface area contributed by atoms with Crippen LogP contribution in [0.3, 0.4) is 0 Å². The van der Waals surface area contributed by atoms with Crippen molar-refractivity contribution in [3.05, 3.63) is 72.7 Å². The van der Waals surface area contributed by atoms with E-state index >= 15 is 0 Å². The fraction of sp³-hybridized carbons (Fsp3) is 0.231. The zero-order valence-corrected chi connectivity index (χ0v) is 18.8. The molecule has 1 aliphatic heterocycles. The molecule has 0 radical (unpaired) electrons. The molecule has 8 heteroatoms. The number of halogens is 1. The summed E-state index contributed by atoms with van der Waals surface area (Å²) in [5, 5.41) is 16.4. The topological polar surface area (TPSA) is 84.3 Å². The van der Waals surface area contributed by atoms with E-state index in [0.717, 1.165) is 52.7 Å². The van der Waals surface area contributed by atoms with Crippen molar-refractivity contribution in [1.29, 1.82) is 0 Å². The number of fused-ring (bicyclic) bond motifs is 1. The Morgan fingerprint density at radius 3 is 2.82 bits per heavy atom. The van der Waals surface area contributed by atoms with Crippen LogP contribution in [0.25, 0.3) is 44.5 Å². The minimum absolute atomic E-state index is 0.326. The minimum Gasteiger partial charge on any atom is -0.315 e. The van der Waals surface area contributed by atoms with Crippen LogP contribution in [0, 0.1) is 12.7 Å². The van der Waals surface area contributed by atoms with Gasteiger partial charge >= 0.3 is 0 Å². The summed E-state index contributed by atoms with van der Waals surface area (Å²) in [5.74, 6) is -0.326. The van der Waals surface area contributed by atoms with Crippen molar-refractivity contribution in [3.63, 3.8) is 0 Å². The lowest BCUT2D eigenvalue weighted by atomic mass is 10.0. The van der Waals surface area contributed by atoms with Crippen molar-refractivity contribution in [2.45, 2.75) is 25.8 Å². The van der Waals surface area contributed by atoms with Gasteiger partial charge in [0.05, 0.1) is 29.1 Å². The van der Waals surface area contributed by atoms with Gasteiger partial charge in [-0.2, -0.15) is 10.2 Å². The molecular weight excluding hydrogens is 429 g/mol. The SMILES string of the molecule is Cc1nc(-c2n[nH]cc2-c2ccc3ncc(-c4cnn(C5CCCNC5)c4)cc3c2)ccc1F. The summed E-state index contributed by atoms with van der Waals surface area (Å²) in [5.41, 5.74) is 6.57. The van der Waals surface area contributed by atoms with Crippen LogP contribution in [0.2, 0.25) is 0 Å². The maximum absolute atomic E-state index is 13.7. The van der Waals surface area contributed by atoms with Crippen LogP contribution in [-0.2, 0) is 0 Å². The van der Waals surface area contributed by atoms with Crippen LogP contribution in [0.15, 0.2) is 61.2 Å². The number of hydrogen-bond donors (Lipinski definition) is 2. The highest BCUT2D eigenvalue weighted by atomic mass is 19.1. The van der Waals surface area contributed by atoms with E-state index in [1.807, 2.05) is 30.7 Å². The Morgan fingerprint density at radius 2 is 1.97 bits per heavy atom. The molecule has 1 aromatic carbocycles. The number of pyridine rings is 2. The highest BCUT2D eigenvalue weighted by molar-refractivity contribution is 5.90. The normalized spacial score (nSPS) is 16.2. The molecule has 6 rings (SSSR count). The van der Waals surface area contributed by atoms with Crippen LogP contribution < -0.4 is 5.32 Å². The molecule has 5 heterocycles. The van der Waals surface area contributed by atoms with Crippen LogP contribution in [0.5, 0.6) is 0 Å². The van der Waals surface area contributed by atoms with Gasteiger partial charge in [-0.15, -0.1) is 0 Å². The van der Waals surface area contributed by atoms with E-state index in [2.05, 4.69) is 53.6 Å². The average molecular weight is 454 g/mol. The summed E-state index contributed by atoms with van der Waals surface area (Å²) in [6.45, 7) is 3.69. The fourth-order valence-corrected chi connectivity index (χ4v) is 4.58. The molecule has 34 heavy (non-hydrogen) atoms. The lowest BCUT2D eigenvalue weighted by molar-refractivity contribution is 0.347. The van der Waals surface area contributed by atoms with Gasteiger partial charge in [-0.3, -0.25) is 14.8 Å². The first-order valence-electron chi connectivity index (χ1n) is 11.5. The van der Waals surface area contributed by atoms with E-state index in [-0.39, 0.29) is 5.82 Å². The summed E-state index contributed by atoms with van der Waals surface area (Å²) in [7, 11) is 0. The van der Waals surface area contributed by atoms with E-state index in [1.165, 1.54) is 12.5 Å². The van der Waals surface area contributed by atoms with Gasteiger partial charge in [-0.1, -0.05) is 6.07 Å². The molecular formula is C26H24FN7. The number of aryl methyl sites for hydroxylation is 1. The van der Waals surface area contributed by atoms with Gasteiger partial charge in [0.15, 0.2) is 0 Å². The van der Waals surface area contributed by atoms with Crippen molar-refractivity contribution in [1.82, 2.24) is 35.3 Å². The standard InChI is InChI=1S/C26H24FN7/c1-16-23(27)5-7-25(32-16)26-22(14-30-33-26)17-4-6-24-18(9-17)10-19(11-29-24)20-12-31-34(15-20)21-3-2-8-28-13-21/h4-7,9-12,14-15,21,28H,2-3,8,13H2,1H3,(H,30,33). The second-order valence-electron chi connectivity index (χ2n) is 8.75. The molecule has 0 spiro atoms. The lowest BCUT2D eigenvalue weighted by Crippen LogP contribution is -2.31. The van der Waals surface area contributed by atoms with Crippen molar-refractivity contribution in [2.75, 3.05) is 13.1 Å². The van der Waals surface area contributed by atoms with E-state index in [9.17, 15) is 4.39 Å². The third kappa shape index (κ3) is 3.76. The summed E-state index contributed by atoms with van der Waals surface area (Å²) < 4.78 is 15.8. The minimum atomic E-state index is -0.326. The molecule has 5 aromatic rings.